The van der Waals surface area contributed by atoms with Crippen LogP contribution in [0.25, 0.3) is 34.4 Å². The SMILES string of the molecule is COc1ccc(/C=C/NC(=O)c2[nH]c(C(=O)N/C=C/c3ccc(OC)cc3)c(-c3cc(OC)c(OC)c(OC)c3)c2-c2cc(OC)c(OC)c(OC)c2)cc1. The van der Waals surface area contributed by atoms with Gasteiger partial charge in [-0.05, 0) is 82.9 Å². The summed E-state index contributed by atoms with van der Waals surface area (Å²) in [4.78, 5) is 31.6. The molecular formula is C42H43N3O10. The number of hydrogen-bond acceptors (Lipinski definition) is 10. The zero-order valence-electron chi connectivity index (χ0n) is 31.8. The third-order valence-electron chi connectivity index (χ3n) is 8.57. The minimum absolute atomic E-state index is 0.0571. The molecule has 4 aromatic carbocycles. The van der Waals surface area contributed by atoms with Crippen molar-refractivity contribution < 1.29 is 47.5 Å². The Morgan fingerprint density at radius 1 is 0.473 bits per heavy atom. The largest absolute Gasteiger partial charge is 0.497 e. The molecule has 0 spiro atoms. The zero-order valence-corrected chi connectivity index (χ0v) is 31.8. The number of nitrogens with one attached hydrogen (secondary N) is 3. The number of carbonyl (C=O) groups excluding carboxylic acids is 2. The number of rotatable bonds is 16. The molecule has 0 saturated carbocycles. The van der Waals surface area contributed by atoms with Gasteiger partial charge in [-0.2, -0.15) is 0 Å². The minimum atomic E-state index is -0.546. The Morgan fingerprint density at radius 3 is 1.07 bits per heavy atom. The Kier molecular flexibility index (Phi) is 12.9. The number of H-pyrrole nitrogens is 1. The summed E-state index contributed by atoms with van der Waals surface area (Å²) in [5.41, 5.74) is 3.36. The Morgan fingerprint density at radius 2 is 0.800 bits per heavy atom. The highest BCUT2D eigenvalue weighted by Crippen LogP contribution is 2.48. The molecule has 1 aromatic heterocycles. The quantitative estimate of drug-likeness (QED) is 0.0945. The normalized spacial score (nSPS) is 10.9. The molecule has 0 radical (unpaired) electrons. The molecule has 5 rings (SSSR count). The van der Waals surface area contributed by atoms with Gasteiger partial charge in [-0.25, -0.2) is 0 Å². The molecule has 0 saturated heterocycles. The summed E-state index contributed by atoms with van der Waals surface area (Å²) in [7, 11) is 12.1. The Labute approximate surface area is 319 Å². The number of methoxy groups -OCH3 is 8. The lowest BCUT2D eigenvalue weighted by Crippen LogP contribution is -2.20. The first-order chi connectivity index (χ1) is 26.7. The number of benzene rings is 4. The summed E-state index contributed by atoms with van der Waals surface area (Å²) in [5.74, 6) is 2.30. The molecule has 0 bridgehead atoms. The number of amides is 2. The molecule has 3 N–H and O–H groups in total. The van der Waals surface area contributed by atoms with Gasteiger partial charge in [0.25, 0.3) is 11.8 Å². The van der Waals surface area contributed by atoms with Crippen molar-refractivity contribution in [3.05, 3.63) is 108 Å². The number of ether oxygens (including phenoxy) is 8. The topological polar surface area (TPSA) is 148 Å². The van der Waals surface area contributed by atoms with Gasteiger partial charge in [0.15, 0.2) is 23.0 Å². The van der Waals surface area contributed by atoms with Gasteiger partial charge in [0.1, 0.15) is 22.9 Å². The number of aromatic nitrogens is 1. The molecule has 13 heteroatoms. The molecule has 2 amide bonds. The second kappa shape index (κ2) is 18.1. The Hall–Kier alpha value is -7.02. The maximum absolute atomic E-state index is 14.3. The summed E-state index contributed by atoms with van der Waals surface area (Å²) < 4.78 is 44.5. The Bertz CT molecular complexity index is 1990. The van der Waals surface area contributed by atoms with Crippen molar-refractivity contribution in [1.82, 2.24) is 15.6 Å². The van der Waals surface area contributed by atoms with Gasteiger partial charge in [0.05, 0.1) is 56.9 Å². The van der Waals surface area contributed by atoms with Crippen molar-refractivity contribution in [2.45, 2.75) is 0 Å². The summed E-state index contributed by atoms with van der Waals surface area (Å²) in [6.07, 6.45) is 6.50. The van der Waals surface area contributed by atoms with Gasteiger partial charge in [-0.3, -0.25) is 9.59 Å². The highest BCUT2D eigenvalue weighted by molar-refractivity contribution is 6.12. The predicted octanol–water partition coefficient (Wildman–Crippen LogP) is 7.22. The minimum Gasteiger partial charge on any atom is -0.497 e. The van der Waals surface area contributed by atoms with E-state index in [-0.39, 0.29) is 11.4 Å². The number of carbonyl (C=O) groups is 2. The number of aromatic amines is 1. The van der Waals surface area contributed by atoms with Crippen molar-refractivity contribution in [3.8, 4) is 68.2 Å². The van der Waals surface area contributed by atoms with Crippen LogP contribution in [-0.4, -0.2) is 73.7 Å². The molecule has 0 aliphatic carbocycles. The van der Waals surface area contributed by atoms with E-state index < -0.39 is 11.8 Å². The van der Waals surface area contributed by atoms with Crippen molar-refractivity contribution in [3.63, 3.8) is 0 Å². The lowest BCUT2D eigenvalue weighted by molar-refractivity contribution is 0.0965. The fourth-order valence-corrected chi connectivity index (χ4v) is 5.87. The molecule has 55 heavy (non-hydrogen) atoms. The van der Waals surface area contributed by atoms with Gasteiger partial charge in [0.2, 0.25) is 11.5 Å². The first-order valence-corrected chi connectivity index (χ1v) is 16.8. The van der Waals surface area contributed by atoms with Gasteiger partial charge in [-0.1, -0.05) is 24.3 Å². The predicted molar refractivity (Wildman–Crippen MR) is 210 cm³/mol. The second-order valence-electron chi connectivity index (χ2n) is 11.6. The van der Waals surface area contributed by atoms with Gasteiger partial charge < -0.3 is 53.5 Å². The third kappa shape index (κ3) is 8.62. The molecule has 286 valence electrons. The van der Waals surface area contributed by atoms with Crippen molar-refractivity contribution in [2.75, 3.05) is 56.9 Å². The Balaban J connectivity index is 1.73. The maximum atomic E-state index is 14.3. The van der Waals surface area contributed by atoms with E-state index in [1.54, 1.807) is 50.6 Å². The van der Waals surface area contributed by atoms with E-state index in [0.717, 1.165) is 11.1 Å². The fraction of sp³-hybridized carbons (Fsp3) is 0.190. The van der Waals surface area contributed by atoms with Crippen LogP contribution in [-0.2, 0) is 0 Å². The zero-order chi connectivity index (χ0) is 39.5. The van der Waals surface area contributed by atoms with Crippen molar-refractivity contribution >= 4 is 24.0 Å². The molecule has 5 aromatic rings. The lowest BCUT2D eigenvalue weighted by Gasteiger charge is -2.17. The van der Waals surface area contributed by atoms with Crippen LogP contribution < -0.4 is 48.5 Å². The fourth-order valence-electron chi connectivity index (χ4n) is 5.87. The second-order valence-corrected chi connectivity index (χ2v) is 11.6. The van der Waals surface area contributed by atoms with Crippen LogP contribution in [0, 0.1) is 0 Å². The molecule has 0 atom stereocenters. The average molecular weight is 750 g/mol. The van der Waals surface area contributed by atoms with Crippen LogP contribution in [0.2, 0.25) is 0 Å². The van der Waals surface area contributed by atoms with Crippen molar-refractivity contribution in [1.29, 1.82) is 0 Å². The maximum Gasteiger partial charge on any atom is 0.272 e. The van der Waals surface area contributed by atoms with E-state index in [9.17, 15) is 9.59 Å². The van der Waals surface area contributed by atoms with Crippen LogP contribution in [0.4, 0.5) is 0 Å². The van der Waals surface area contributed by atoms with E-state index in [4.69, 9.17) is 37.9 Å². The molecule has 0 fully saturated rings. The van der Waals surface area contributed by atoms with Gasteiger partial charge >= 0.3 is 0 Å². The highest BCUT2D eigenvalue weighted by Gasteiger charge is 2.30. The van der Waals surface area contributed by atoms with Crippen LogP contribution in [0.1, 0.15) is 32.1 Å². The van der Waals surface area contributed by atoms with E-state index >= 15 is 0 Å². The third-order valence-corrected chi connectivity index (χ3v) is 8.57. The first kappa shape index (κ1) is 39.2. The summed E-state index contributed by atoms with van der Waals surface area (Å²) in [6, 6.07) is 21.4. The van der Waals surface area contributed by atoms with Crippen LogP contribution in [0.15, 0.2) is 85.2 Å². The van der Waals surface area contributed by atoms with E-state index in [2.05, 4.69) is 15.6 Å². The molecule has 0 unspecified atom stereocenters. The number of hydrogen-bond donors (Lipinski definition) is 3. The summed E-state index contributed by atoms with van der Waals surface area (Å²) in [5, 5.41) is 5.68. The smallest absolute Gasteiger partial charge is 0.272 e. The van der Waals surface area contributed by atoms with Crippen LogP contribution in [0.3, 0.4) is 0 Å². The van der Waals surface area contributed by atoms with Crippen molar-refractivity contribution in [2.24, 2.45) is 0 Å². The van der Waals surface area contributed by atoms with Gasteiger partial charge in [0, 0.05) is 23.5 Å². The summed E-state index contributed by atoms with van der Waals surface area (Å²) in [6.45, 7) is 0. The van der Waals surface area contributed by atoms with E-state index in [1.807, 2.05) is 48.5 Å². The average Bonchev–Trinajstić information content (AvgIpc) is 3.64. The summed E-state index contributed by atoms with van der Waals surface area (Å²) >= 11 is 0. The van der Waals surface area contributed by atoms with E-state index in [1.165, 1.54) is 55.1 Å². The lowest BCUT2D eigenvalue weighted by atomic mass is 9.93. The molecule has 0 aliphatic rings. The molecule has 1 heterocycles. The molecular weight excluding hydrogens is 706 g/mol. The van der Waals surface area contributed by atoms with Gasteiger partial charge in [-0.15, -0.1) is 0 Å². The standard InChI is InChI=1S/C42H43N3O10/c1-48-29-13-9-25(10-14-29)17-19-43-41(46)37-35(27-21-31(50-3)39(54-7)32(22-27)51-4)36(28-23-33(52-5)40(55-8)34(24-28)53-6)38(45-37)42(47)44-20-18-26-11-15-30(49-2)16-12-26/h9-24,45H,1-8H3,(H,43,46)(H,44,47)/b19-17+,20-18+. The van der Waals surface area contributed by atoms with Crippen LogP contribution in [0.5, 0.6) is 46.0 Å². The molecule has 0 aliphatic heterocycles. The first-order valence-electron chi connectivity index (χ1n) is 16.8. The highest BCUT2D eigenvalue weighted by atomic mass is 16.5. The van der Waals surface area contributed by atoms with Crippen LogP contribution >= 0.6 is 0 Å². The molecule has 13 nitrogen and oxygen atoms in total. The monoisotopic (exact) mass is 749 g/mol. The van der Waals surface area contributed by atoms with E-state index in [0.29, 0.717) is 68.2 Å².